The summed E-state index contributed by atoms with van der Waals surface area (Å²) in [5.74, 6) is -0.281. The minimum atomic E-state index is -1.04. The molecule has 2 N–H and O–H groups in total. The Morgan fingerprint density at radius 1 is 0.868 bits per heavy atom. The summed E-state index contributed by atoms with van der Waals surface area (Å²) >= 11 is 3.92. The number of amides is 2. The van der Waals surface area contributed by atoms with Crippen molar-refractivity contribution < 1.29 is 38.4 Å². The van der Waals surface area contributed by atoms with E-state index in [9.17, 15) is 14.4 Å². The first-order valence-electron chi connectivity index (χ1n) is 11.9. The van der Waals surface area contributed by atoms with Gasteiger partial charge in [0.05, 0.1) is 19.0 Å². The van der Waals surface area contributed by atoms with Crippen molar-refractivity contribution >= 4 is 30.6 Å². The van der Waals surface area contributed by atoms with Crippen LogP contribution in [0, 0.1) is 0 Å². The van der Waals surface area contributed by atoms with E-state index >= 15 is 0 Å². The molecule has 0 aliphatic rings. The van der Waals surface area contributed by atoms with Gasteiger partial charge in [-0.2, -0.15) is 12.6 Å². The third-order valence-electron chi connectivity index (χ3n) is 5.20. The lowest BCUT2D eigenvalue weighted by Crippen LogP contribution is -2.37. The predicted octanol–water partition coefficient (Wildman–Crippen LogP) is 3.98. The van der Waals surface area contributed by atoms with Gasteiger partial charge < -0.3 is 24.1 Å². The molecular formula is C28H29NO8S. The van der Waals surface area contributed by atoms with Crippen molar-refractivity contribution in [1.29, 1.82) is 0 Å². The fourth-order valence-corrected chi connectivity index (χ4v) is 3.57. The first kappa shape index (κ1) is 28.5. The average Bonchev–Trinajstić information content (AvgIpc) is 2.95. The van der Waals surface area contributed by atoms with Gasteiger partial charge in [-0.15, -0.1) is 0 Å². The number of rotatable bonds is 13. The number of ether oxygens (including phenoxy) is 4. The number of hydrogen-bond acceptors (Lipinski definition) is 9. The number of esters is 1. The number of aliphatic hydroxyl groups excluding tert-OH is 1. The number of benzene rings is 3. The summed E-state index contributed by atoms with van der Waals surface area (Å²) in [5.41, 5.74) is 0.792. The second-order valence-electron chi connectivity index (χ2n) is 7.93. The molecule has 0 spiro atoms. The topological polar surface area (TPSA) is 120 Å². The van der Waals surface area contributed by atoms with Crippen molar-refractivity contribution in [3.63, 3.8) is 0 Å². The number of imide groups is 1. The molecule has 0 saturated heterocycles. The van der Waals surface area contributed by atoms with E-state index in [-0.39, 0.29) is 37.6 Å². The van der Waals surface area contributed by atoms with E-state index in [1.807, 2.05) is 6.07 Å². The first-order chi connectivity index (χ1) is 18.5. The number of carbonyl (C=O) groups is 3. The molecule has 3 aromatic rings. The lowest BCUT2D eigenvalue weighted by Gasteiger charge is -2.28. The maximum absolute atomic E-state index is 12.9. The maximum Gasteiger partial charge on any atom is 0.414 e. The summed E-state index contributed by atoms with van der Waals surface area (Å²) in [7, 11) is 0. The highest BCUT2D eigenvalue weighted by atomic mass is 32.1. The van der Waals surface area contributed by atoms with Gasteiger partial charge in [0.25, 0.3) is 5.91 Å². The number of para-hydroxylation sites is 1. The normalized spacial score (nSPS) is 12.1. The van der Waals surface area contributed by atoms with Crippen LogP contribution in [0.1, 0.15) is 28.4 Å². The molecule has 0 radical (unpaired) electrons. The summed E-state index contributed by atoms with van der Waals surface area (Å²) in [6.45, 7) is -0.128. The third kappa shape index (κ3) is 9.13. The summed E-state index contributed by atoms with van der Waals surface area (Å²) in [5, 5.41) is 11.3. The smallest absolute Gasteiger partial charge is 0.414 e. The monoisotopic (exact) mass is 539 g/mol. The number of aliphatic hydroxyl groups is 1. The van der Waals surface area contributed by atoms with Crippen LogP contribution in [-0.4, -0.2) is 54.8 Å². The van der Waals surface area contributed by atoms with Gasteiger partial charge in [0.2, 0.25) is 0 Å². The van der Waals surface area contributed by atoms with Crippen molar-refractivity contribution in [2.24, 2.45) is 0 Å². The average molecular weight is 540 g/mol. The van der Waals surface area contributed by atoms with Crippen molar-refractivity contribution in [2.45, 2.75) is 18.6 Å². The van der Waals surface area contributed by atoms with E-state index in [1.54, 1.807) is 78.9 Å². The number of hydrogen-bond donors (Lipinski definition) is 3. The minimum Gasteiger partial charge on any atom is -0.491 e. The standard InChI is InChI=1S/C28H29NO8S/c30-15-17-34-23-13-7-10-21(18-23)26(37-28(33)29-27(32)20-8-3-1-4-9-20)24(14-16-35-25(31)19-38)36-22-11-5-2-6-12-22/h1-13,18,24,26,30,38H,14-17,19H2,(H,29,32,33)/t24-,26-/m1/s1. The Balaban J connectivity index is 1.89. The molecule has 0 fully saturated rings. The highest BCUT2D eigenvalue weighted by Crippen LogP contribution is 2.30. The zero-order valence-electron chi connectivity index (χ0n) is 20.5. The first-order valence-corrected chi connectivity index (χ1v) is 12.5. The van der Waals surface area contributed by atoms with E-state index in [1.165, 1.54) is 0 Å². The summed E-state index contributed by atoms with van der Waals surface area (Å²) in [6, 6.07) is 23.9. The van der Waals surface area contributed by atoms with Crippen molar-refractivity contribution in [2.75, 3.05) is 25.6 Å². The number of alkyl carbamates (subject to hydrolysis) is 1. The van der Waals surface area contributed by atoms with E-state index < -0.39 is 30.2 Å². The Hall–Kier alpha value is -4.02. The maximum atomic E-state index is 12.9. The Morgan fingerprint density at radius 3 is 2.24 bits per heavy atom. The Bertz CT molecular complexity index is 1180. The molecule has 0 unspecified atom stereocenters. The molecule has 0 bridgehead atoms. The van der Waals surface area contributed by atoms with Gasteiger partial charge in [-0.25, -0.2) is 4.79 Å². The second kappa shape index (κ2) is 15.3. The molecule has 0 aliphatic heterocycles. The van der Waals surface area contributed by atoms with Crippen LogP contribution in [0.5, 0.6) is 11.5 Å². The number of nitrogens with one attached hydrogen (secondary N) is 1. The Labute approximate surface area is 226 Å². The Morgan fingerprint density at radius 2 is 1.55 bits per heavy atom. The molecule has 2 amide bonds. The van der Waals surface area contributed by atoms with Crippen LogP contribution in [0.15, 0.2) is 84.9 Å². The van der Waals surface area contributed by atoms with Crippen LogP contribution in [0.2, 0.25) is 0 Å². The molecule has 0 aliphatic carbocycles. The molecule has 2 atom stereocenters. The predicted molar refractivity (Wildman–Crippen MR) is 142 cm³/mol. The molecule has 0 heterocycles. The van der Waals surface area contributed by atoms with Crippen LogP contribution in [0.3, 0.4) is 0 Å². The Kier molecular flexibility index (Phi) is 11.5. The van der Waals surface area contributed by atoms with Gasteiger partial charge in [-0.05, 0) is 42.0 Å². The molecule has 38 heavy (non-hydrogen) atoms. The van der Waals surface area contributed by atoms with Crippen LogP contribution in [-0.2, 0) is 14.3 Å². The zero-order valence-corrected chi connectivity index (χ0v) is 21.4. The molecule has 0 aromatic heterocycles. The number of carbonyl (C=O) groups excluding carboxylic acids is 3. The molecule has 3 rings (SSSR count). The second-order valence-corrected chi connectivity index (χ2v) is 8.24. The molecular weight excluding hydrogens is 510 g/mol. The van der Waals surface area contributed by atoms with Crippen LogP contribution < -0.4 is 14.8 Å². The minimum absolute atomic E-state index is 0.0258. The highest BCUT2D eigenvalue weighted by Gasteiger charge is 2.30. The van der Waals surface area contributed by atoms with Crippen molar-refractivity contribution in [3.8, 4) is 11.5 Å². The van der Waals surface area contributed by atoms with E-state index in [0.29, 0.717) is 17.1 Å². The van der Waals surface area contributed by atoms with Crippen molar-refractivity contribution in [3.05, 3.63) is 96.1 Å². The van der Waals surface area contributed by atoms with Gasteiger partial charge in [-0.3, -0.25) is 14.9 Å². The lowest BCUT2D eigenvalue weighted by atomic mass is 10.0. The van der Waals surface area contributed by atoms with Crippen LogP contribution in [0.25, 0.3) is 0 Å². The molecule has 3 aromatic carbocycles. The summed E-state index contributed by atoms with van der Waals surface area (Å²) < 4.78 is 22.6. The summed E-state index contributed by atoms with van der Waals surface area (Å²) in [6.07, 6.45) is -2.69. The fourth-order valence-electron chi connectivity index (χ4n) is 3.48. The van der Waals surface area contributed by atoms with Gasteiger partial charge >= 0.3 is 12.1 Å². The van der Waals surface area contributed by atoms with Gasteiger partial charge in [0.15, 0.2) is 6.10 Å². The third-order valence-corrected chi connectivity index (χ3v) is 5.45. The summed E-state index contributed by atoms with van der Waals surface area (Å²) in [4.78, 5) is 37.1. The number of thiol groups is 1. The lowest BCUT2D eigenvalue weighted by molar-refractivity contribution is -0.141. The fraction of sp³-hybridized carbons (Fsp3) is 0.250. The van der Waals surface area contributed by atoms with E-state index in [4.69, 9.17) is 24.1 Å². The quantitative estimate of drug-likeness (QED) is 0.220. The van der Waals surface area contributed by atoms with Gasteiger partial charge in [0, 0.05) is 12.0 Å². The van der Waals surface area contributed by atoms with E-state index in [0.717, 1.165) is 0 Å². The van der Waals surface area contributed by atoms with Crippen molar-refractivity contribution in [1.82, 2.24) is 5.32 Å². The van der Waals surface area contributed by atoms with E-state index in [2.05, 4.69) is 17.9 Å². The molecule has 9 nitrogen and oxygen atoms in total. The SMILES string of the molecule is O=C(CS)OCC[C@@H](Oc1ccccc1)[C@H](OC(=O)NC(=O)c1ccccc1)c1cccc(OCCO)c1. The van der Waals surface area contributed by atoms with Gasteiger partial charge in [0.1, 0.15) is 24.2 Å². The highest BCUT2D eigenvalue weighted by molar-refractivity contribution is 7.81. The largest absolute Gasteiger partial charge is 0.491 e. The van der Waals surface area contributed by atoms with Gasteiger partial charge in [-0.1, -0.05) is 48.5 Å². The molecule has 200 valence electrons. The van der Waals surface area contributed by atoms with Crippen LogP contribution >= 0.6 is 12.6 Å². The molecule has 10 heteroatoms. The zero-order chi connectivity index (χ0) is 27.2. The molecule has 0 saturated carbocycles. The van der Waals surface area contributed by atoms with Crippen LogP contribution in [0.4, 0.5) is 4.79 Å².